The third-order valence-electron chi connectivity index (χ3n) is 12.4. The van der Waals surface area contributed by atoms with Crippen LogP contribution in [0.2, 0.25) is 0 Å². The summed E-state index contributed by atoms with van der Waals surface area (Å²) in [6.45, 7) is 0.980. The summed E-state index contributed by atoms with van der Waals surface area (Å²) < 4.78 is 0.530. The maximum absolute atomic E-state index is 13.8. The van der Waals surface area contributed by atoms with E-state index in [1.807, 2.05) is 27.9 Å². The van der Waals surface area contributed by atoms with Gasteiger partial charge in [0.2, 0.25) is 17.7 Å². The quantitative estimate of drug-likeness (QED) is 0.0340. The molecule has 1 aliphatic rings. The van der Waals surface area contributed by atoms with Gasteiger partial charge in [0.15, 0.2) is 0 Å². The first kappa shape index (κ1) is 60.4. The van der Waals surface area contributed by atoms with Crippen LogP contribution in [0, 0.1) is 33.2 Å². The summed E-state index contributed by atoms with van der Waals surface area (Å²) in [4.78, 5) is 136. The number of rotatable bonds is 36. The number of phenolic OH excluding ortho intramolecular Hbond substituents is 1. The fourth-order valence-electron chi connectivity index (χ4n) is 8.21. The van der Waals surface area contributed by atoms with E-state index >= 15 is 0 Å². The van der Waals surface area contributed by atoms with Crippen LogP contribution in [-0.2, 0) is 54.4 Å². The van der Waals surface area contributed by atoms with E-state index in [9.17, 15) is 73.2 Å². The fourth-order valence-corrected chi connectivity index (χ4v) is 8.79. The molecule has 5 unspecified atom stereocenters. The number of hydrogen-bond acceptors (Lipinski definition) is 13. The Morgan fingerprint density at radius 3 is 1.81 bits per heavy atom. The molecule has 22 nitrogen and oxygen atoms in total. The molecule has 23 heteroatoms. The minimum absolute atomic E-state index is 0.0402. The van der Waals surface area contributed by atoms with E-state index in [1.165, 1.54) is 6.07 Å². The van der Waals surface area contributed by atoms with E-state index in [-0.39, 0.29) is 99.4 Å². The zero-order valence-electron chi connectivity index (χ0n) is 39.3. The summed E-state index contributed by atoms with van der Waals surface area (Å²) in [6, 6.07) is 0.533. The molecule has 390 valence electrons. The number of urea groups is 1. The molecule has 70 heavy (non-hydrogen) atoms. The SMILES string of the molecule is NCCCCC(CC(=O)C(CC(=O)C(CCC(=O)O)CC(=O)CCCCNC(=O)C1CCC(CNC(=O)CCC(NC(=O)NC(CCC(=O)O)C(=O)O)C(=O)O)CC1)Cc1ccc(O)c([131I])c1)C(N)=O. The van der Waals surface area contributed by atoms with Crippen LogP contribution in [0.25, 0.3) is 0 Å². The lowest BCUT2D eigenvalue weighted by Crippen LogP contribution is -2.51. The molecular formula is C47H69IN6O16. The van der Waals surface area contributed by atoms with Gasteiger partial charge in [0.25, 0.3) is 0 Å². The molecule has 0 radical (unpaired) electrons. The molecule has 1 aromatic rings. The molecule has 13 N–H and O–H groups in total. The van der Waals surface area contributed by atoms with Crippen LogP contribution in [0.4, 0.5) is 4.79 Å². The lowest BCUT2D eigenvalue weighted by Gasteiger charge is -2.28. The van der Waals surface area contributed by atoms with Crippen molar-refractivity contribution in [3.8, 4) is 5.75 Å². The molecule has 1 fully saturated rings. The van der Waals surface area contributed by atoms with Crippen LogP contribution >= 0.6 is 22.6 Å². The van der Waals surface area contributed by atoms with E-state index in [1.54, 1.807) is 12.1 Å². The van der Waals surface area contributed by atoms with Gasteiger partial charge in [0.05, 0.1) is 3.57 Å². The molecular weight excluding hydrogens is 1040 g/mol. The van der Waals surface area contributed by atoms with Crippen LogP contribution < -0.4 is 32.7 Å². The van der Waals surface area contributed by atoms with Crippen LogP contribution in [0.5, 0.6) is 5.75 Å². The molecule has 1 aromatic carbocycles. The predicted molar refractivity (Wildman–Crippen MR) is 259 cm³/mol. The number of carbonyl (C=O) groups is 11. The molecule has 2 rings (SSSR count). The highest BCUT2D eigenvalue weighted by Gasteiger charge is 2.32. The molecule has 5 atom stereocenters. The highest BCUT2D eigenvalue weighted by atomic mass is 131. The third-order valence-corrected chi connectivity index (χ3v) is 13.3. The van der Waals surface area contributed by atoms with Gasteiger partial charge in [-0.2, -0.15) is 0 Å². The molecule has 0 spiro atoms. The first-order valence-electron chi connectivity index (χ1n) is 23.6. The Labute approximate surface area is 419 Å². The van der Waals surface area contributed by atoms with Crippen LogP contribution in [0.15, 0.2) is 18.2 Å². The Hall–Kier alpha value is -5.72. The number of unbranched alkanes of at least 4 members (excludes halogenated alkanes) is 2. The molecule has 0 bridgehead atoms. The van der Waals surface area contributed by atoms with Crippen molar-refractivity contribution in [1.29, 1.82) is 0 Å². The number of carbonyl (C=O) groups excluding carboxylic acids is 7. The number of hydrogen-bond donors (Lipinski definition) is 11. The summed E-state index contributed by atoms with van der Waals surface area (Å²) in [5.41, 5.74) is 11.9. The Balaban J connectivity index is 1.84. The van der Waals surface area contributed by atoms with Crippen LogP contribution in [0.3, 0.4) is 0 Å². The molecule has 0 saturated heterocycles. The second-order valence-corrected chi connectivity index (χ2v) is 19.1. The van der Waals surface area contributed by atoms with Crippen LogP contribution in [0.1, 0.15) is 128 Å². The first-order chi connectivity index (χ1) is 33.1. The van der Waals surface area contributed by atoms with Gasteiger partial charge in [0.1, 0.15) is 35.2 Å². The normalized spacial score (nSPS) is 16.5. The molecule has 1 saturated carbocycles. The molecule has 1 aliphatic carbocycles. The average molecular weight is 1110 g/mol. The lowest BCUT2D eigenvalue weighted by atomic mass is 9.81. The number of aliphatic carboxylic acids is 4. The Bertz CT molecular complexity index is 1990. The zero-order valence-corrected chi connectivity index (χ0v) is 41.5. The number of ketones is 3. The van der Waals surface area contributed by atoms with Crippen molar-refractivity contribution < 1.29 is 78.3 Å². The van der Waals surface area contributed by atoms with Gasteiger partial charge < -0.3 is 58.3 Å². The number of nitrogens with two attached hydrogens (primary N) is 2. The van der Waals surface area contributed by atoms with Gasteiger partial charge >= 0.3 is 29.9 Å². The van der Waals surface area contributed by atoms with Gasteiger partial charge in [-0.3, -0.25) is 38.4 Å². The van der Waals surface area contributed by atoms with Gasteiger partial charge in [-0.25, -0.2) is 14.4 Å². The van der Waals surface area contributed by atoms with E-state index < -0.39 is 90.2 Å². The number of carboxylic acid groups (broad SMARTS) is 4. The standard InChI is InChI=1S/C47H69IN6O16/c48-34-22-28(9-15-37(34)56)21-32(39(58)24-31(43(50)64)5-1-3-19-49)25-38(57)30(12-17-41(60)61)23-33(55)6-2-4-20-51-44(65)29-10-7-27(8-11-29)26-52-40(59)16-13-35(45(66)67)53-47(70)54-36(46(68)69)14-18-42(62)63/h9,15,22,27,29-32,35-36,56H,1-8,10-14,16-21,23-26,49H2,(H2,50,64)(H,51,65)(H,52,59)(H,60,61)(H,62,63)(H,66,67)(H,68,69)(H2,53,54,70)/i48+4. The molecule has 0 aromatic heterocycles. The summed E-state index contributed by atoms with van der Waals surface area (Å²) in [7, 11) is 0. The number of phenols is 1. The predicted octanol–water partition coefficient (Wildman–Crippen LogP) is 2.80. The number of amides is 5. The van der Waals surface area contributed by atoms with E-state index in [2.05, 4.69) is 16.0 Å². The second-order valence-electron chi connectivity index (χ2n) is 17.9. The number of primary amides is 1. The number of aromatic hydroxyl groups is 1. The van der Waals surface area contributed by atoms with Crippen molar-refractivity contribution in [2.75, 3.05) is 19.6 Å². The third kappa shape index (κ3) is 24.2. The maximum Gasteiger partial charge on any atom is 0.326 e. The fraction of sp³-hybridized carbons (Fsp3) is 0.638. The van der Waals surface area contributed by atoms with Crippen molar-refractivity contribution in [2.24, 2.45) is 41.1 Å². The molecule has 5 amide bonds. The smallest absolute Gasteiger partial charge is 0.326 e. The van der Waals surface area contributed by atoms with E-state index in [0.717, 1.165) is 0 Å². The minimum Gasteiger partial charge on any atom is -0.507 e. The van der Waals surface area contributed by atoms with Crippen molar-refractivity contribution >= 4 is 87.6 Å². The summed E-state index contributed by atoms with van der Waals surface area (Å²) in [5, 5.41) is 56.7. The Morgan fingerprint density at radius 2 is 1.24 bits per heavy atom. The largest absolute Gasteiger partial charge is 0.507 e. The number of Topliss-reactive ketones (excluding diaryl/α,β-unsaturated/α-hetero) is 3. The number of carboxylic acids is 4. The van der Waals surface area contributed by atoms with Crippen molar-refractivity contribution in [1.82, 2.24) is 21.3 Å². The topological polar surface area (TPSA) is 389 Å². The molecule has 0 heterocycles. The average Bonchev–Trinajstić information content (AvgIpc) is 3.29. The van der Waals surface area contributed by atoms with E-state index in [4.69, 9.17) is 16.6 Å². The number of nitrogens with one attached hydrogen (secondary N) is 4. The van der Waals surface area contributed by atoms with Gasteiger partial charge in [-0.1, -0.05) is 12.5 Å². The number of benzene rings is 1. The van der Waals surface area contributed by atoms with Gasteiger partial charge in [-0.05, 0) is 130 Å². The summed E-state index contributed by atoms with van der Waals surface area (Å²) in [5.74, 6) is -10.5. The summed E-state index contributed by atoms with van der Waals surface area (Å²) in [6.07, 6.45) is 2.23. The Morgan fingerprint density at radius 1 is 0.657 bits per heavy atom. The molecule has 0 aliphatic heterocycles. The lowest BCUT2D eigenvalue weighted by molar-refractivity contribution is -0.141. The first-order valence-corrected chi connectivity index (χ1v) is 24.7. The minimum atomic E-state index is -1.57. The second kappa shape index (κ2) is 32.2. The number of halogens is 1. The zero-order chi connectivity index (χ0) is 52.3. The van der Waals surface area contributed by atoms with Crippen molar-refractivity contribution in [3.05, 3.63) is 27.3 Å². The summed E-state index contributed by atoms with van der Waals surface area (Å²) >= 11 is 1.94. The van der Waals surface area contributed by atoms with Crippen LogP contribution in [-0.4, -0.2) is 122 Å². The van der Waals surface area contributed by atoms with Gasteiger partial charge in [0, 0.05) is 81.7 Å². The highest BCUT2D eigenvalue weighted by Crippen LogP contribution is 2.30. The van der Waals surface area contributed by atoms with Crippen molar-refractivity contribution in [3.63, 3.8) is 0 Å². The van der Waals surface area contributed by atoms with Crippen molar-refractivity contribution in [2.45, 2.75) is 141 Å². The van der Waals surface area contributed by atoms with Gasteiger partial charge in [-0.15, -0.1) is 0 Å². The van der Waals surface area contributed by atoms with E-state index in [0.29, 0.717) is 80.0 Å². The maximum atomic E-state index is 13.8. The Kier molecular flexibility index (Phi) is 27.8. The monoisotopic (exact) mass is 1100 g/mol. The highest BCUT2D eigenvalue weighted by molar-refractivity contribution is 14.1.